The van der Waals surface area contributed by atoms with Gasteiger partial charge in [0.05, 0.1) is 24.1 Å². The smallest absolute Gasteiger partial charge is 0.330 e. The summed E-state index contributed by atoms with van der Waals surface area (Å²) in [6, 6.07) is 1.60. The Morgan fingerprint density at radius 1 is 1.29 bits per heavy atom. The van der Waals surface area contributed by atoms with E-state index in [1.165, 1.54) is 0 Å². The zero-order valence-electron chi connectivity index (χ0n) is 14.1. The van der Waals surface area contributed by atoms with Crippen LogP contribution < -0.4 is 10.2 Å². The Labute approximate surface area is 145 Å². The van der Waals surface area contributed by atoms with Crippen LogP contribution in [0.1, 0.15) is 36.7 Å². The largest absolute Gasteiger partial charge is 0.367 e. The van der Waals surface area contributed by atoms with E-state index in [0.717, 1.165) is 11.4 Å². The molecule has 2 aliphatic heterocycles. The molecular weight excluding hydrogens is 332 g/mol. The van der Waals surface area contributed by atoms with Crippen molar-refractivity contribution in [2.75, 3.05) is 31.1 Å². The molecule has 1 aromatic rings. The molecule has 7 nitrogen and oxygen atoms in total. The van der Waals surface area contributed by atoms with Gasteiger partial charge in [-0.2, -0.15) is 0 Å². The van der Waals surface area contributed by atoms with Gasteiger partial charge in [0, 0.05) is 25.2 Å². The molecule has 24 heavy (non-hydrogen) atoms. The molecule has 0 unspecified atom stereocenters. The second-order valence-electron chi connectivity index (χ2n) is 7.02. The number of amides is 1. The van der Waals surface area contributed by atoms with E-state index in [1.807, 2.05) is 20.8 Å². The van der Waals surface area contributed by atoms with Gasteiger partial charge in [-0.15, -0.1) is 5.06 Å². The number of aromatic nitrogens is 1. The number of carbonyl (C=O) groups excluding carboxylic acids is 2. The third-order valence-corrected chi connectivity index (χ3v) is 4.30. The number of nitrogens with zero attached hydrogens (tertiary/aromatic N) is 3. The highest BCUT2D eigenvalue weighted by molar-refractivity contribution is 6.30. The molecule has 0 atom stereocenters. The maximum Gasteiger partial charge on any atom is 0.330 e. The molecule has 1 saturated heterocycles. The first-order chi connectivity index (χ1) is 11.3. The summed E-state index contributed by atoms with van der Waals surface area (Å²) < 4.78 is 0. The Balaban J connectivity index is 1.69. The van der Waals surface area contributed by atoms with E-state index in [-0.39, 0.29) is 11.9 Å². The summed E-state index contributed by atoms with van der Waals surface area (Å²) in [6.45, 7) is 8.39. The van der Waals surface area contributed by atoms with Crippen LogP contribution in [0.5, 0.6) is 0 Å². The predicted molar refractivity (Wildman–Crippen MR) is 89.8 cm³/mol. The monoisotopic (exact) mass is 352 g/mol. The van der Waals surface area contributed by atoms with Crippen molar-refractivity contribution >= 4 is 29.3 Å². The molecule has 1 fully saturated rings. The Kier molecular flexibility index (Phi) is 4.40. The van der Waals surface area contributed by atoms with Crippen LogP contribution in [0.4, 0.5) is 5.82 Å². The van der Waals surface area contributed by atoms with Gasteiger partial charge in [-0.05, 0) is 26.8 Å². The molecule has 130 valence electrons. The minimum absolute atomic E-state index is 0.117. The first-order valence-corrected chi connectivity index (χ1v) is 8.33. The molecule has 1 amide bonds. The second kappa shape index (κ2) is 6.22. The van der Waals surface area contributed by atoms with Crippen LogP contribution in [-0.2, 0) is 16.2 Å². The summed E-state index contributed by atoms with van der Waals surface area (Å²) in [6.07, 6.45) is 0. The molecule has 2 aliphatic rings. The van der Waals surface area contributed by atoms with Crippen molar-refractivity contribution in [3.8, 4) is 0 Å². The van der Waals surface area contributed by atoms with Crippen molar-refractivity contribution in [3.05, 3.63) is 22.3 Å². The average molecular weight is 353 g/mol. The molecule has 0 spiro atoms. The van der Waals surface area contributed by atoms with Gasteiger partial charge < -0.3 is 15.1 Å². The summed E-state index contributed by atoms with van der Waals surface area (Å²) in [5, 5.41) is 4.79. The summed E-state index contributed by atoms with van der Waals surface area (Å²) in [4.78, 5) is 35.7. The Hall–Kier alpha value is -1.86. The number of nitrogens with one attached hydrogen (secondary N) is 1. The van der Waals surface area contributed by atoms with Crippen molar-refractivity contribution in [1.29, 1.82) is 0 Å². The van der Waals surface area contributed by atoms with Crippen molar-refractivity contribution in [2.24, 2.45) is 5.41 Å². The average Bonchev–Trinajstić information content (AvgIpc) is 2.88. The van der Waals surface area contributed by atoms with E-state index in [0.29, 0.717) is 43.4 Å². The fourth-order valence-corrected chi connectivity index (χ4v) is 2.86. The van der Waals surface area contributed by atoms with Crippen LogP contribution in [0.15, 0.2) is 6.07 Å². The van der Waals surface area contributed by atoms with E-state index >= 15 is 0 Å². The number of carbonyl (C=O) groups is 2. The molecule has 0 saturated carbocycles. The van der Waals surface area contributed by atoms with Gasteiger partial charge in [0.2, 0.25) is 0 Å². The van der Waals surface area contributed by atoms with E-state index in [9.17, 15) is 9.59 Å². The Bertz CT molecular complexity index is 679. The molecule has 0 aliphatic carbocycles. The SMILES string of the molecule is CC(C)(C)C(=O)ON1CCN(c2nc(Cl)cc3c2CNC3=O)CC1. The summed E-state index contributed by atoms with van der Waals surface area (Å²) in [7, 11) is 0. The topological polar surface area (TPSA) is 74.8 Å². The normalized spacial score (nSPS) is 18.3. The summed E-state index contributed by atoms with van der Waals surface area (Å²) in [5.41, 5.74) is 0.939. The lowest BCUT2D eigenvalue weighted by Crippen LogP contribution is -2.48. The van der Waals surface area contributed by atoms with Gasteiger partial charge in [-0.25, -0.2) is 9.78 Å². The van der Waals surface area contributed by atoms with Crippen molar-refractivity contribution in [1.82, 2.24) is 15.4 Å². The van der Waals surface area contributed by atoms with Crippen LogP contribution in [-0.4, -0.2) is 48.1 Å². The van der Waals surface area contributed by atoms with Gasteiger partial charge in [0.1, 0.15) is 11.0 Å². The Morgan fingerprint density at radius 3 is 2.58 bits per heavy atom. The van der Waals surface area contributed by atoms with Gasteiger partial charge in [0.25, 0.3) is 5.91 Å². The zero-order chi connectivity index (χ0) is 17.5. The summed E-state index contributed by atoms with van der Waals surface area (Å²) >= 11 is 6.06. The number of pyridine rings is 1. The molecule has 8 heteroatoms. The fourth-order valence-electron chi connectivity index (χ4n) is 2.68. The lowest BCUT2D eigenvalue weighted by molar-refractivity contribution is -0.201. The van der Waals surface area contributed by atoms with Crippen molar-refractivity contribution < 1.29 is 14.4 Å². The van der Waals surface area contributed by atoms with E-state index in [2.05, 4.69) is 15.2 Å². The number of fused-ring (bicyclic) bond motifs is 1. The lowest BCUT2D eigenvalue weighted by Gasteiger charge is -2.35. The minimum Gasteiger partial charge on any atom is -0.367 e. The van der Waals surface area contributed by atoms with Crippen LogP contribution in [0.3, 0.4) is 0 Å². The molecule has 3 heterocycles. The number of hydrogen-bond acceptors (Lipinski definition) is 6. The van der Waals surface area contributed by atoms with Crippen molar-refractivity contribution in [2.45, 2.75) is 27.3 Å². The maximum atomic E-state index is 12.0. The number of halogens is 1. The first kappa shape index (κ1) is 17.0. The van der Waals surface area contributed by atoms with Crippen molar-refractivity contribution in [3.63, 3.8) is 0 Å². The number of piperazine rings is 1. The predicted octanol–water partition coefficient (Wildman–Crippen LogP) is 1.60. The maximum absolute atomic E-state index is 12.0. The van der Waals surface area contributed by atoms with Gasteiger partial charge in [-0.1, -0.05) is 11.6 Å². The zero-order valence-corrected chi connectivity index (χ0v) is 14.8. The highest BCUT2D eigenvalue weighted by atomic mass is 35.5. The van der Waals surface area contributed by atoms with Gasteiger partial charge >= 0.3 is 5.97 Å². The van der Waals surface area contributed by atoms with Crippen LogP contribution in [0.25, 0.3) is 0 Å². The van der Waals surface area contributed by atoms with Gasteiger partial charge in [0.15, 0.2) is 0 Å². The third kappa shape index (κ3) is 3.32. The molecule has 3 rings (SSSR count). The lowest BCUT2D eigenvalue weighted by atomic mass is 9.98. The third-order valence-electron chi connectivity index (χ3n) is 4.10. The number of hydroxylamine groups is 2. The molecule has 0 radical (unpaired) electrons. The molecule has 1 aromatic heterocycles. The molecule has 0 aromatic carbocycles. The standard InChI is InChI=1S/C16H21ClN4O3/c1-16(2,3)15(23)24-21-6-4-20(5-7-21)13-11-9-18-14(22)10(11)8-12(17)19-13/h8H,4-7,9H2,1-3H3,(H,18,22). The van der Waals surface area contributed by atoms with Crippen LogP contribution in [0.2, 0.25) is 5.15 Å². The highest BCUT2D eigenvalue weighted by Gasteiger charge is 2.31. The van der Waals surface area contributed by atoms with E-state index < -0.39 is 5.41 Å². The minimum atomic E-state index is -0.529. The molecule has 1 N–H and O–H groups in total. The second-order valence-corrected chi connectivity index (χ2v) is 7.41. The highest BCUT2D eigenvalue weighted by Crippen LogP contribution is 2.29. The fraction of sp³-hybridized carbons (Fsp3) is 0.562. The van der Waals surface area contributed by atoms with Crippen LogP contribution >= 0.6 is 11.6 Å². The van der Waals surface area contributed by atoms with Gasteiger partial charge in [-0.3, -0.25) is 4.79 Å². The Morgan fingerprint density at radius 2 is 1.96 bits per heavy atom. The van der Waals surface area contributed by atoms with Crippen LogP contribution in [0, 0.1) is 5.41 Å². The number of anilines is 1. The summed E-state index contributed by atoms with van der Waals surface area (Å²) in [5.74, 6) is 0.374. The van der Waals surface area contributed by atoms with E-state index in [4.69, 9.17) is 16.4 Å². The quantitative estimate of drug-likeness (QED) is 0.815. The molecule has 0 bridgehead atoms. The first-order valence-electron chi connectivity index (χ1n) is 7.95. The number of hydrogen-bond donors (Lipinski definition) is 1. The molecular formula is C16H21ClN4O3. The van der Waals surface area contributed by atoms with E-state index in [1.54, 1.807) is 11.1 Å². The number of rotatable bonds is 2.